The van der Waals surface area contributed by atoms with Crippen LogP contribution in [0.2, 0.25) is 0 Å². The lowest BCUT2D eigenvalue weighted by atomic mass is 9.96. The molecular weight excluding hydrogens is 835 g/mol. The summed E-state index contributed by atoms with van der Waals surface area (Å²) in [6.45, 7) is 22.3. The van der Waals surface area contributed by atoms with E-state index in [0.717, 1.165) is 0 Å². The molecule has 0 bridgehead atoms. The van der Waals surface area contributed by atoms with Crippen molar-refractivity contribution in [1.29, 1.82) is 0 Å². The van der Waals surface area contributed by atoms with Crippen LogP contribution in [0.1, 0.15) is 134 Å². The normalized spacial score (nSPS) is 29.3. The fourth-order valence-corrected chi connectivity index (χ4v) is 8.94. The summed E-state index contributed by atoms with van der Waals surface area (Å²) >= 11 is 0. The molecule has 0 saturated carbocycles. The fourth-order valence-electron chi connectivity index (χ4n) is 8.94. The van der Waals surface area contributed by atoms with Crippen LogP contribution < -0.4 is 26.6 Å². The molecule has 3 rings (SSSR count). The van der Waals surface area contributed by atoms with Crippen LogP contribution in [0.5, 0.6) is 0 Å². The van der Waals surface area contributed by atoms with Crippen LogP contribution >= 0.6 is 0 Å². The summed E-state index contributed by atoms with van der Waals surface area (Å²) in [5, 5.41) is 14.2. The molecule has 3 heterocycles. The number of hydrogen-bond donors (Lipinski definition) is 5. The molecule has 3 aliphatic heterocycles. The molecule has 0 aromatic heterocycles. The lowest BCUT2D eigenvalue weighted by Crippen LogP contribution is -2.61. The zero-order chi connectivity index (χ0) is 49.2. The van der Waals surface area contributed by atoms with Crippen LogP contribution in [0.15, 0.2) is 0 Å². The number of likely N-dealkylation sites (N-methyl/N-ethyl adjacent to an activating group) is 2. The van der Waals surface area contributed by atoms with E-state index >= 15 is 0 Å². The molecule has 5 N–H and O–H groups in total. The topological polar surface area (TPSA) is 227 Å². The highest BCUT2D eigenvalue weighted by Gasteiger charge is 2.44. The molecule has 9 amide bonds. The predicted octanol–water partition coefficient (Wildman–Crippen LogP) is 1.94. The van der Waals surface area contributed by atoms with Crippen LogP contribution in [0, 0.1) is 29.6 Å². The van der Waals surface area contributed by atoms with Gasteiger partial charge in [-0.15, -0.1) is 0 Å². The maximum Gasteiger partial charge on any atom is 0.245 e. The zero-order valence-corrected chi connectivity index (χ0v) is 41.6. The van der Waals surface area contributed by atoms with E-state index in [9.17, 15) is 43.2 Å². The highest BCUT2D eigenvalue weighted by Crippen LogP contribution is 2.25. The SMILES string of the molecule is CC(C)C[C@@H]1NC(=O)[C@H](CC(C)C)N(C)C(=O)[C@@H](C(C)C)NC(=O)[C@H](C)NC(=O)[C@H](C)N(C)C(=O)[C@H]2CCCN2C(=O)[C@@H](CC(C)C)NC(=O)[C@@H]2CCCN2C(=O)[C@H](CC(C)C)NC1=O. The summed E-state index contributed by atoms with van der Waals surface area (Å²) in [6, 6.07) is -9.29. The zero-order valence-electron chi connectivity index (χ0n) is 41.6. The van der Waals surface area contributed by atoms with E-state index in [1.165, 1.54) is 47.5 Å². The summed E-state index contributed by atoms with van der Waals surface area (Å²) in [7, 11) is 2.94. The van der Waals surface area contributed by atoms with Crippen molar-refractivity contribution in [2.45, 2.75) is 189 Å². The number of carbonyl (C=O) groups is 9. The van der Waals surface area contributed by atoms with E-state index < -0.39 is 113 Å². The lowest BCUT2D eigenvalue weighted by molar-refractivity contribution is -0.148. The first kappa shape index (κ1) is 54.6. The van der Waals surface area contributed by atoms with Crippen molar-refractivity contribution < 1.29 is 43.2 Å². The van der Waals surface area contributed by atoms with Gasteiger partial charge < -0.3 is 46.2 Å². The second-order valence-electron chi connectivity index (χ2n) is 20.6. The first-order valence-corrected chi connectivity index (χ1v) is 23.9. The Hall–Kier alpha value is -4.77. The largest absolute Gasteiger partial charge is 0.343 e. The maximum absolute atomic E-state index is 14.5. The van der Waals surface area contributed by atoms with Crippen LogP contribution in [-0.4, -0.2) is 154 Å². The van der Waals surface area contributed by atoms with Gasteiger partial charge in [0.2, 0.25) is 53.2 Å². The van der Waals surface area contributed by atoms with Crippen molar-refractivity contribution in [3.05, 3.63) is 0 Å². The van der Waals surface area contributed by atoms with Crippen molar-refractivity contribution in [1.82, 2.24) is 46.2 Å². The van der Waals surface area contributed by atoms with Gasteiger partial charge in [-0.2, -0.15) is 0 Å². The predicted molar refractivity (Wildman–Crippen MR) is 246 cm³/mol. The van der Waals surface area contributed by atoms with E-state index in [-0.39, 0.29) is 62.4 Å². The van der Waals surface area contributed by atoms with Crippen molar-refractivity contribution in [3.63, 3.8) is 0 Å². The smallest absolute Gasteiger partial charge is 0.245 e. The average molecular weight is 916 g/mol. The molecule has 18 heteroatoms. The number of hydrogen-bond acceptors (Lipinski definition) is 9. The van der Waals surface area contributed by atoms with Crippen molar-refractivity contribution in [3.8, 4) is 0 Å². The molecule has 368 valence electrons. The van der Waals surface area contributed by atoms with E-state index in [1.54, 1.807) is 13.8 Å². The summed E-state index contributed by atoms with van der Waals surface area (Å²) in [4.78, 5) is 133. The molecule has 3 fully saturated rings. The molecular formula is C47H81N9O9. The molecule has 0 unspecified atom stereocenters. The summed E-state index contributed by atoms with van der Waals surface area (Å²) in [5.74, 6) is -5.52. The Kier molecular flexibility index (Phi) is 20.3. The molecule has 3 saturated heterocycles. The van der Waals surface area contributed by atoms with E-state index in [4.69, 9.17) is 0 Å². The van der Waals surface area contributed by atoms with Gasteiger partial charge in [0.15, 0.2) is 0 Å². The maximum atomic E-state index is 14.5. The lowest BCUT2D eigenvalue weighted by Gasteiger charge is -2.35. The van der Waals surface area contributed by atoms with Crippen LogP contribution in [-0.2, 0) is 43.2 Å². The summed E-state index contributed by atoms with van der Waals surface area (Å²) in [6.07, 6.45) is 2.69. The molecule has 0 spiro atoms. The van der Waals surface area contributed by atoms with Crippen LogP contribution in [0.4, 0.5) is 0 Å². The number of nitrogens with one attached hydrogen (secondary N) is 5. The molecule has 0 aromatic rings. The number of nitrogens with zero attached hydrogens (tertiary/aromatic N) is 4. The van der Waals surface area contributed by atoms with Gasteiger partial charge in [0.05, 0.1) is 0 Å². The van der Waals surface area contributed by atoms with E-state index in [0.29, 0.717) is 25.7 Å². The van der Waals surface area contributed by atoms with Gasteiger partial charge >= 0.3 is 0 Å². The minimum absolute atomic E-state index is 0.0302. The molecule has 3 aliphatic rings. The third-order valence-corrected chi connectivity index (χ3v) is 12.7. The van der Waals surface area contributed by atoms with Crippen LogP contribution in [0.3, 0.4) is 0 Å². The number of amides is 9. The van der Waals surface area contributed by atoms with Crippen LogP contribution in [0.25, 0.3) is 0 Å². The minimum Gasteiger partial charge on any atom is -0.343 e. The van der Waals surface area contributed by atoms with Gasteiger partial charge in [0.25, 0.3) is 0 Å². The van der Waals surface area contributed by atoms with Gasteiger partial charge in [-0.25, -0.2) is 0 Å². The first-order chi connectivity index (χ1) is 30.3. The Morgan fingerprint density at radius 1 is 0.462 bits per heavy atom. The molecule has 0 radical (unpaired) electrons. The van der Waals surface area contributed by atoms with Gasteiger partial charge in [0, 0.05) is 27.2 Å². The third kappa shape index (κ3) is 14.6. The number of rotatable bonds is 9. The highest BCUT2D eigenvalue weighted by molar-refractivity contribution is 5.99. The molecule has 0 aromatic carbocycles. The molecule has 9 atom stereocenters. The van der Waals surface area contributed by atoms with Gasteiger partial charge in [-0.1, -0.05) is 69.2 Å². The van der Waals surface area contributed by atoms with Gasteiger partial charge in [-0.3, -0.25) is 43.2 Å². The standard InChI is InChI=1S/C47H81N9O9/c1-25(2)21-32-41(59)50-33(22-26(3)4)44(62)55-19-15-17-35(55)42(60)51-34(23-27(5)6)45(63)56-20-16-18-36(56)46(64)53(13)31(12)40(58)48-30(11)39(57)52-38(29(9)10)47(65)54(14)37(24-28(7)8)43(61)49-32/h25-38H,15-24H2,1-14H3,(H,48,58)(H,49,61)(H,50,59)(H,51,60)(H,52,57)/t30-,31-,32-,33-,34+,35-,36+,37-,38+/m0/s1. The minimum atomic E-state index is -1.13. The monoisotopic (exact) mass is 916 g/mol. The molecule has 0 aliphatic carbocycles. The van der Waals surface area contributed by atoms with E-state index in [2.05, 4.69) is 26.6 Å². The quantitative estimate of drug-likeness (QED) is 0.228. The molecule has 65 heavy (non-hydrogen) atoms. The Morgan fingerprint density at radius 2 is 0.908 bits per heavy atom. The second kappa shape index (κ2) is 24.1. The second-order valence-corrected chi connectivity index (χ2v) is 20.6. The average Bonchev–Trinajstić information content (AvgIpc) is 3.92. The van der Waals surface area contributed by atoms with Crippen molar-refractivity contribution >= 4 is 53.2 Å². The van der Waals surface area contributed by atoms with E-state index in [1.807, 2.05) is 55.4 Å². The Labute approximate surface area is 387 Å². The van der Waals surface area contributed by atoms with Gasteiger partial charge in [0.1, 0.15) is 54.4 Å². The third-order valence-electron chi connectivity index (χ3n) is 12.7. The Balaban J connectivity index is 2.14. The fraction of sp³-hybridized carbons (Fsp3) is 0.809. The van der Waals surface area contributed by atoms with Gasteiger partial charge in [-0.05, 0) is 94.8 Å². The highest BCUT2D eigenvalue weighted by atomic mass is 16.2. The summed E-state index contributed by atoms with van der Waals surface area (Å²) < 4.78 is 0. The van der Waals surface area contributed by atoms with Crippen molar-refractivity contribution in [2.24, 2.45) is 29.6 Å². The number of fused-ring (bicyclic) bond motifs is 2. The first-order valence-electron chi connectivity index (χ1n) is 23.9. The Bertz CT molecular complexity index is 1740. The van der Waals surface area contributed by atoms with Crippen molar-refractivity contribution in [2.75, 3.05) is 27.2 Å². The summed E-state index contributed by atoms with van der Waals surface area (Å²) in [5.41, 5.74) is 0. The number of carbonyl (C=O) groups excluding carboxylic acids is 9. The Morgan fingerprint density at radius 3 is 1.40 bits per heavy atom. The molecule has 18 nitrogen and oxygen atoms in total.